The first-order valence-corrected chi connectivity index (χ1v) is 9.55. The number of hydrogen-bond donors (Lipinski definition) is 1. The zero-order valence-corrected chi connectivity index (χ0v) is 15.1. The molecule has 0 amide bonds. The van der Waals surface area contributed by atoms with Gasteiger partial charge in [0.15, 0.2) is 5.79 Å². The molecular weight excluding hydrogens is 276 g/mol. The van der Waals surface area contributed by atoms with Crippen LogP contribution in [0.4, 0.5) is 0 Å². The van der Waals surface area contributed by atoms with Crippen molar-refractivity contribution in [2.24, 2.45) is 0 Å². The van der Waals surface area contributed by atoms with Crippen LogP contribution in [0.25, 0.3) is 0 Å². The van der Waals surface area contributed by atoms with Gasteiger partial charge in [-0.2, -0.15) is 0 Å². The second-order valence-corrected chi connectivity index (χ2v) is 7.20. The highest BCUT2D eigenvalue weighted by Gasteiger charge is 2.40. The number of ether oxygens (including phenoxy) is 2. The standard InChI is InChI=1S/C19H38O3/c1-4-5-6-7-8-9-10-11-12-13-14-17-18(15-16-20)22-19(2,3)21-17/h17-18,20H,4-16H2,1-3H3/t17-,18-/m1/s1. The molecule has 1 saturated heterocycles. The Hall–Kier alpha value is -0.120. The predicted octanol–water partition coefficient (Wildman–Crippen LogP) is 5.20. The lowest BCUT2D eigenvalue weighted by Crippen LogP contribution is -2.23. The Labute approximate surface area is 137 Å². The van der Waals surface area contributed by atoms with Crippen LogP contribution in [0.1, 0.15) is 97.8 Å². The van der Waals surface area contributed by atoms with Gasteiger partial charge in [-0.05, 0) is 26.7 Å². The Morgan fingerprint density at radius 1 is 0.727 bits per heavy atom. The zero-order valence-electron chi connectivity index (χ0n) is 15.1. The molecule has 132 valence electrons. The van der Waals surface area contributed by atoms with E-state index in [4.69, 9.17) is 14.6 Å². The minimum Gasteiger partial charge on any atom is -0.396 e. The third-order valence-corrected chi connectivity index (χ3v) is 4.54. The molecule has 1 rings (SSSR count). The van der Waals surface area contributed by atoms with E-state index >= 15 is 0 Å². The van der Waals surface area contributed by atoms with Gasteiger partial charge in [-0.3, -0.25) is 0 Å². The number of rotatable bonds is 13. The molecule has 0 saturated carbocycles. The average Bonchev–Trinajstić information content (AvgIpc) is 2.75. The van der Waals surface area contributed by atoms with Crippen molar-refractivity contribution in [3.63, 3.8) is 0 Å². The van der Waals surface area contributed by atoms with Gasteiger partial charge in [0.2, 0.25) is 0 Å². The van der Waals surface area contributed by atoms with Crippen LogP contribution in [0.2, 0.25) is 0 Å². The summed E-state index contributed by atoms with van der Waals surface area (Å²) >= 11 is 0. The molecule has 1 N–H and O–H groups in total. The summed E-state index contributed by atoms with van der Waals surface area (Å²) in [6.07, 6.45) is 15.6. The van der Waals surface area contributed by atoms with Crippen molar-refractivity contribution in [2.75, 3.05) is 6.61 Å². The fraction of sp³-hybridized carbons (Fsp3) is 1.00. The van der Waals surface area contributed by atoms with E-state index in [1.807, 2.05) is 13.8 Å². The van der Waals surface area contributed by atoms with E-state index in [9.17, 15) is 0 Å². The van der Waals surface area contributed by atoms with Gasteiger partial charge in [0.05, 0.1) is 12.2 Å². The van der Waals surface area contributed by atoms with E-state index < -0.39 is 5.79 Å². The van der Waals surface area contributed by atoms with E-state index in [0.717, 1.165) is 6.42 Å². The minimum atomic E-state index is -0.483. The first-order valence-electron chi connectivity index (χ1n) is 9.55. The Bertz CT molecular complexity index is 265. The van der Waals surface area contributed by atoms with Crippen molar-refractivity contribution >= 4 is 0 Å². The van der Waals surface area contributed by atoms with Crippen molar-refractivity contribution in [1.29, 1.82) is 0 Å². The van der Waals surface area contributed by atoms with Crippen molar-refractivity contribution in [3.05, 3.63) is 0 Å². The summed E-state index contributed by atoms with van der Waals surface area (Å²) in [4.78, 5) is 0. The zero-order chi connectivity index (χ0) is 16.3. The first-order chi connectivity index (χ1) is 10.6. The molecule has 22 heavy (non-hydrogen) atoms. The second-order valence-electron chi connectivity index (χ2n) is 7.20. The van der Waals surface area contributed by atoms with Gasteiger partial charge in [-0.15, -0.1) is 0 Å². The van der Waals surface area contributed by atoms with Crippen LogP contribution in [0, 0.1) is 0 Å². The lowest BCUT2D eigenvalue weighted by atomic mass is 10.0. The molecule has 2 atom stereocenters. The fourth-order valence-corrected chi connectivity index (χ4v) is 3.36. The van der Waals surface area contributed by atoms with Crippen LogP contribution in [0.3, 0.4) is 0 Å². The van der Waals surface area contributed by atoms with Crippen LogP contribution in [-0.2, 0) is 9.47 Å². The van der Waals surface area contributed by atoms with Crippen molar-refractivity contribution in [1.82, 2.24) is 0 Å². The van der Waals surface area contributed by atoms with E-state index in [1.54, 1.807) is 0 Å². The molecule has 0 aromatic carbocycles. The monoisotopic (exact) mass is 314 g/mol. The smallest absolute Gasteiger partial charge is 0.163 e. The molecule has 1 aliphatic rings. The molecular formula is C19H38O3. The molecule has 0 aromatic heterocycles. The lowest BCUT2D eigenvalue weighted by Gasteiger charge is -2.16. The fourth-order valence-electron chi connectivity index (χ4n) is 3.36. The minimum absolute atomic E-state index is 0.0681. The number of aliphatic hydroxyl groups excluding tert-OH is 1. The van der Waals surface area contributed by atoms with Crippen LogP contribution >= 0.6 is 0 Å². The Kier molecular flexibility index (Phi) is 10.3. The largest absolute Gasteiger partial charge is 0.396 e. The average molecular weight is 315 g/mol. The highest BCUT2D eigenvalue weighted by atomic mass is 16.7. The maximum atomic E-state index is 9.13. The normalized spacial score (nSPS) is 24.0. The molecule has 0 aromatic rings. The van der Waals surface area contributed by atoms with Crippen molar-refractivity contribution in [3.8, 4) is 0 Å². The van der Waals surface area contributed by atoms with Gasteiger partial charge in [0, 0.05) is 6.61 Å². The van der Waals surface area contributed by atoms with E-state index in [0.29, 0.717) is 6.42 Å². The Morgan fingerprint density at radius 3 is 1.68 bits per heavy atom. The van der Waals surface area contributed by atoms with Crippen LogP contribution in [0.15, 0.2) is 0 Å². The van der Waals surface area contributed by atoms with Crippen LogP contribution in [-0.4, -0.2) is 29.7 Å². The van der Waals surface area contributed by atoms with Gasteiger partial charge in [-0.25, -0.2) is 0 Å². The maximum Gasteiger partial charge on any atom is 0.163 e. The van der Waals surface area contributed by atoms with Gasteiger partial charge < -0.3 is 14.6 Å². The van der Waals surface area contributed by atoms with Gasteiger partial charge in [-0.1, -0.05) is 71.1 Å². The summed E-state index contributed by atoms with van der Waals surface area (Å²) in [6.45, 7) is 6.38. The van der Waals surface area contributed by atoms with E-state index in [2.05, 4.69) is 6.92 Å². The number of hydrogen-bond acceptors (Lipinski definition) is 3. The van der Waals surface area contributed by atoms with Gasteiger partial charge in [0.25, 0.3) is 0 Å². The molecule has 3 heteroatoms. The molecule has 0 aliphatic carbocycles. The van der Waals surface area contributed by atoms with E-state index in [1.165, 1.54) is 64.2 Å². The molecule has 0 radical (unpaired) electrons. The molecule has 1 fully saturated rings. The molecule has 0 spiro atoms. The van der Waals surface area contributed by atoms with Gasteiger partial charge in [0.1, 0.15) is 0 Å². The molecule has 0 bridgehead atoms. The highest BCUT2D eigenvalue weighted by molar-refractivity contribution is 4.81. The topological polar surface area (TPSA) is 38.7 Å². The van der Waals surface area contributed by atoms with Crippen molar-refractivity contribution in [2.45, 2.75) is 116 Å². The second kappa shape index (κ2) is 11.4. The molecule has 1 heterocycles. The van der Waals surface area contributed by atoms with Crippen LogP contribution < -0.4 is 0 Å². The summed E-state index contributed by atoms with van der Waals surface area (Å²) in [5.74, 6) is -0.483. The third-order valence-electron chi connectivity index (χ3n) is 4.54. The Balaban J connectivity index is 1.99. The number of unbranched alkanes of at least 4 members (excludes halogenated alkanes) is 9. The summed E-state index contributed by atoms with van der Waals surface area (Å²) in [5.41, 5.74) is 0. The summed E-state index contributed by atoms with van der Waals surface area (Å²) in [6, 6.07) is 0. The molecule has 3 nitrogen and oxygen atoms in total. The quantitative estimate of drug-likeness (QED) is 0.475. The van der Waals surface area contributed by atoms with Gasteiger partial charge >= 0.3 is 0 Å². The summed E-state index contributed by atoms with van der Waals surface area (Å²) < 4.78 is 11.8. The third kappa shape index (κ3) is 8.50. The lowest BCUT2D eigenvalue weighted by molar-refractivity contribution is -0.147. The number of aliphatic hydroxyl groups is 1. The molecule has 1 aliphatic heterocycles. The predicted molar refractivity (Wildman–Crippen MR) is 92.0 cm³/mol. The SMILES string of the molecule is CCCCCCCCCCCC[C@H]1OC(C)(C)O[C@@H]1CCO. The van der Waals surface area contributed by atoms with Crippen molar-refractivity contribution < 1.29 is 14.6 Å². The Morgan fingerprint density at radius 2 is 1.18 bits per heavy atom. The van der Waals surface area contributed by atoms with Crippen LogP contribution in [0.5, 0.6) is 0 Å². The maximum absolute atomic E-state index is 9.13. The van der Waals surface area contributed by atoms with E-state index in [-0.39, 0.29) is 18.8 Å². The first kappa shape index (κ1) is 19.9. The highest BCUT2D eigenvalue weighted by Crippen LogP contribution is 2.32. The molecule has 0 unspecified atom stereocenters. The summed E-state index contributed by atoms with van der Waals surface area (Å²) in [7, 11) is 0. The summed E-state index contributed by atoms with van der Waals surface area (Å²) in [5, 5.41) is 9.13.